The SMILES string of the molecule is COC(=O)C(Br)(N=C=S)C(C)C. The average Bonchev–Trinajstić information content (AvgIpc) is 2.03. The first kappa shape index (κ1) is 11.8. The van der Waals surface area contributed by atoms with Gasteiger partial charge in [0.25, 0.3) is 0 Å². The van der Waals surface area contributed by atoms with Crippen molar-refractivity contribution in [3.05, 3.63) is 0 Å². The van der Waals surface area contributed by atoms with Gasteiger partial charge in [-0.2, -0.15) is 0 Å². The molecule has 0 saturated heterocycles. The van der Waals surface area contributed by atoms with Crippen LogP contribution in [0.25, 0.3) is 0 Å². The van der Waals surface area contributed by atoms with Crippen molar-refractivity contribution >= 4 is 39.3 Å². The molecule has 0 aliphatic carbocycles. The molecule has 0 aromatic heterocycles. The van der Waals surface area contributed by atoms with Gasteiger partial charge in [0, 0.05) is 5.92 Å². The fourth-order valence-corrected chi connectivity index (χ4v) is 1.13. The highest BCUT2D eigenvalue weighted by molar-refractivity contribution is 9.10. The molecule has 0 spiro atoms. The molecule has 3 nitrogen and oxygen atoms in total. The van der Waals surface area contributed by atoms with Crippen LogP contribution in [0.4, 0.5) is 0 Å². The highest BCUT2D eigenvalue weighted by Crippen LogP contribution is 2.30. The van der Waals surface area contributed by atoms with Gasteiger partial charge >= 0.3 is 5.97 Å². The molecule has 0 heterocycles. The second kappa shape index (κ2) is 4.70. The Kier molecular flexibility index (Phi) is 4.60. The Hall–Kier alpha value is -0.250. The predicted molar refractivity (Wildman–Crippen MR) is 53.5 cm³/mol. The zero-order chi connectivity index (χ0) is 9.78. The number of methoxy groups -OCH3 is 1. The van der Waals surface area contributed by atoms with Crippen molar-refractivity contribution in [2.45, 2.75) is 18.3 Å². The standard InChI is InChI=1S/C7H10BrNO2S/c1-5(2)7(8,9-4-12)6(10)11-3/h5H,1-3H3. The summed E-state index contributed by atoms with van der Waals surface area (Å²) in [5, 5.41) is 2.17. The van der Waals surface area contributed by atoms with Crippen molar-refractivity contribution in [2.75, 3.05) is 7.11 Å². The normalized spacial score (nSPS) is 14.8. The quantitative estimate of drug-likeness (QED) is 0.253. The molecule has 0 aliphatic heterocycles. The van der Waals surface area contributed by atoms with Gasteiger partial charge in [0.05, 0.1) is 12.3 Å². The average molecular weight is 252 g/mol. The van der Waals surface area contributed by atoms with Crippen LogP contribution in [0.1, 0.15) is 13.8 Å². The molecule has 0 aromatic carbocycles. The van der Waals surface area contributed by atoms with Crippen LogP contribution in [0.5, 0.6) is 0 Å². The summed E-state index contributed by atoms with van der Waals surface area (Å²) in [5.74, 6) is -0.504. The number of carbonyl (C=O) groups excluding carboxylic acids is 1. The van der Waals surface area contributed by atoms with E-state index in [0.29, 0.717) is 0 Å². The third-order valence-corrected chi connectivity index (χ3v) is 2.95. The molecule has 12 heavy (non-hydrogen) atoms. The Morgan fingerprint density at radius 3 is 2.50 bits per heavy atom. The number of halogens is 1. The van der Waals surface area contributed by atoms with E-state index in [1.165, 1.54) is 7.11 Å². The van der Waals surface area contributed by atoms with Gasteiger partial charge in [-0.1, -0.05) is 13.8 Å². The van der Waals surface area contributed by atoms with Crippen molar-refractivity contribution in [2.24, 2.45) is 10.9 Å². The van der Waals surface area contributed by atoms with E-state index in [9.17, 15) is 4.79 Å². The number of ether oxygens (including phenoxy) is 1. The number of aliphatic imine (C=N–C) groups is 1. The lowest BCUT2D eigenvalue weighted by atomic mass is 10.1. The second-order valence-corrected chi connectivity index (χ2v) is 3.91. The van der Waals surface area contributed by atoms with Crippen LogP contribution in [0, 0.1) is 5.92 Å². The zero-order valence-corrected chi connectivity index (χ0v) is 9.53. The minimum Gasteiger partial charge on any atom is -0.467 e. The first-order valence-corrected chi connectivity index (χ1v) is 4.55. The molecule has 0 amide bonds. The van der Waals surface area contributed by atoms with Gasteiger partial charge in [-0.25, -0.2) is 9.79 Å². The van der Waals surface area contributed by atoms with Crippen molar-refractivity contribution < 1.29 is 9.53 Å². The monoisotopic (exact) mass is 251 g/mol. The Labute approximate surface area is 85.3 Å². The maximum absolute atomic E-state index is 11.2. The Balaban J connectivity index is 4.85. The largest absolute Gasteiger partial charge is 0.467 e. The highest BCUT2D eigenvalue weighted by atomic mass is 79.9. The Morgan fingerprint density at radius 2 is 2.25 bits per heavy atom. The van der Waals surface area contributed by atoms with Gasteiger partial charge in [-0.3, -0.25) is 0 Å². The van der Waals surface area contributed by atoms with E-state index < -0.39 is 10.4 Å². The molecule has 0 fully saturated rings. The summed E-state index contributed by atoms with van der Waals surface area (Å²) < 4.78 is 3.48. The maximum atomic E-state index is 11.2. The minimum atomic E-state index is -1.08. The van der Waals surface area contributed by atoms with Crippen molar-refractivity contribution in [1.29, 1.82) is 0 Å². The summed E-state index contributed by atoms with van der Waals surface area (Å²) in [4.78, 5) is 14.9. The number of nitrogens with zero attached hydrogens (tertiary/aromatic N) is 1. The highest BCUT2D eigenvalue weighted by Gasteiger charge is 2.39. The molecule has 5 heteroatoms. The molecule has 0 saturated carbocycles. The molecule has 0 bridgehead atoms. The van der Waals surface area contributed by atoms with Gasteiger partial charge in [-0.05, 0) is 28.1 Å². The predicted octanol–water partition coefficient (Wildman–Crippen LogP) is 2.01. The molecule has 1 unspecified atom stereocenters. The lowest BCUT2D eigenvalue weighted by molar-refractivity contribution is -0.144. The number of hydrogen-bond acceptors (Lipinski definition) is 4. The minimum absolute atomic E-state index is 0.0413. The van der Waals surface area contributed by atoms with E-state index in [1.807, 2.05) is 13.8 Å². The summed E-state index contributed by atoms with van der Waals surface area (Å²) in [5.41, 5.74) is 0. The molecule has 0 aromatic rings. The number of isothiocyanates is 1. The van der Waals surface area contributed by atoms with Crippen LogP contribution in [0.3, 0.4) is 0 Å². The molecule has 0 rings (SSSR count). The Morgan fingerprint density at radius 1 is 1.75 bits per heavy atom. The van der Waals surface area contributed by atoms with E-state index in [-0.39, 0.29) is 5.92 Å². The first-order valence-electron chi connectivity index (χ1n) is 3.35. The van der Waals surface area contributed by atoms with Gasteiger partial charge in [0.1, 0.15) is 0 Å². The molecular formula is C7H10BrNO2S. The number of carbonyl (C=O) groups is 1. The summed E-state index contributed by atoms with van der Waals surface area (Å²) in [6, 6.07) is 0. The fraction of sp³-hybridized carbons (Fsp3) is 0.714. The van der Waals surface area contributed by atoms with Gasteiger partial charge in [0.15, 0.2) is 0 Å². The van der Waals surface area contributed by atoms with Crippen LogP contribution in [0.15, 0.2) is 4.99 Å². The fourth-order valence-electron chi connectivity index (χ4n) is 0.620. The van der Waals surface area contributed by atoms with E-state index in [0.717, 1.165) is 0 Å². The second-order valence-electron chi connectivity index (χ2n) is 2.52. The van der Waals surface area contributed by atoms with Crippen molar-refractivity contribution in [3.8, 4) is 0 Å². The van der Waals surface area contributed by atoms with E-state index in [2.05, 4.69) is 43.0 Å². The third-order valence-electron chi connectivity index (χ3n) is 1.45. The van der Waals surface area contributed by atoms with Gasteiger partial charge in [0.2, 0.25) is 4.45 Å². The zero-order valence-electron chi connectivity index (χ0n) is 7.13. The van der Waals surface area contributed by atoms with E-state index in [1.54, 1.807) is 0 Å². The third kappa shape index (κ3) is 2.37. The molecular weight excluding hydrogens is 242 g/mol. The van der Waals surface area contributed by atoms with Crippen LogP contribution in [0.2, 0.25) is 0 Å². The molecule has 0 radical (unpaired) electrons. The summed E-state index contributed by atoms with van der Waals surface area (Å²) in [6.07, 6.45) is 0. The topological polar surface area (TPSA) is 38.7 Å². The molecule has 0 aliphatic rings. The lowest BCUT2D eigenvalue weighted by Gasteiger charge is -2.22. The van der Waals surface area contributed by atoms with Crippen LogP contribution in [-0.4, -0.2) is 22.7 Å². The number of rotatable bonds is 3. The maximum Gasteiger partial charge on any atom is 0.346 e. The van der Waals surface area contributed by atoms with Crippen LogP contribution >= 0.6 is 28.1 Å². The van der Waals surface area contributed by atoms with Crippen molar-refractivity contribution in [1.82, 2.24) is 0 Å². The molecule has 0 N–H and O–H groups in total. The molecule has 1 atom stereocenters. The summed E-state index contributed by atoms with van der Waals surface area (Å²) in [7, 11) is 1.31. The number of thiocarbonyl (C=S) groups is 1. The smallest absolute Gasteiger partial charge is 0.346 e. The van der Waals surface area contributed by atoms with Gasteiger partial charge in [-0.15, -0.1) is 0 Å². The number of hydrogen-bond donors (Lipinski definition) is 0. The van der Waals surface area contributed by atoms with Crippen molar-refractivity contribution in [3.63, 3.8) is 0 Å². The lowest BCUT2D eigenvalue weighted by Crippen LogP contribution is -2.36. The number of esters is 1. The van der Waals surface area contributed by atoms with Gasteiger partial charge < -0.3 is 4.74 Å². The number of alkyl halides is 1. The first-order chi connectivity index (χ1) is 5.49. The summed E-state index contributed by atoms with van der Waals surface area (Å²) in [6.45, 7) is 3.67. The van der Waals surface area contributed by atoms with E-state index >= 15 is 0 Å². The van der Waals surface area contributed by atoms with Crippen LogP contribution in [-0.2, 0) is 9.53 Å². The van der Waals surface area contributed by atoms with Crippen LogP contribution < -0.4 is 0 Å². The Bertz CT molecular complexity index is 225. The summed E-state index contributed by atoms with van der Waals surface area (Å²) >= 11 is 7.60. The molecule has 68 valence electrons. The van der Waals surface area contributed by atoms with E-state index in [4.69, 9.17) is 0 Å².